The molecule has 4 rings (SSSR count). The number of nitrogens with zero attached hydrogens (tertiary/aromatic N) is 4. The van der Waals surface area contributed by atoms with Crippen LogP contribution < -0.4 is 27.8 Å². The lowest BCUT2D eigenvalue weighted by Crippen LogP contribution is -2.58. The Kier molecular flexibility index (Phi) is 9.26. The van der Waals surface area contributed by atoms with Gasteiger partial charge in [0, 0.05) is 45.5 Å². The maximum absolute atomic E-state index is 12.7. The number of hydrogen-bond donors (Lipinski definition) is 4. The molecule has 0 bridgehead atoms. The van der Waals surface area contributed by atoms with E-state index < -0.39 is 11.2 Å². The Morgan fingerprint density at radius 2 is 1.78 bits per heavy atom. The summed E-state index contributed by atoms with van der Waals surface area (Å²) in [4.78, 5) is 44.9. The highest BCUT2D eigenvalue weighted by molar-refractivity contribution is 5.89. The van der Waals surface area contributed by atoms with E-state index >= 15 is 0 Å². The van der Waals surface area contributed by atoms with Crippen LogP contribution in [0.4, 0.5) is 10.6 Å². The number of urea groups is 1. The molecule has 37 heavy (non-hydrogen) atoms. The van der Waals surface area contributed by atoms with Crippen LogP contribution in [0.3, 0.4) is 0 Å². The molecule has 1 unspecified atom stereocenters. The Hall–Kier alpha value is -3.03. The summed E-state index contributed by atoms with van der Waals surface area (Å²) in [6.45, 7) is 6.56. The smallest absolute Gasteiger partial charge is 0.354 e. The lowest BCUT2D eigenvalue weighted by atomic mass is 10.1. The third-order valence-corrected chi connectivity index (χ3v) is 6.37. The van der Waals surface area contributed by atoms with E-state index in [0.717, 1.165) is 5.56 Å². The number of amides is 3. The van der Waals surface area contributed by atoms with Gasteiger partial charge in [-0.25, -0.2) is 9.59 Å². The van der Waals surface area contributed by atoms with Gasteiger partial charge in [0.25, 0.3) is 0 Å². The molecule has 0 spiro atoms. The highest BCUT2D eigenvalue weighted by Gasteiger charge is 2.31. The number of aromatic nitrogens is 2. The van der Waals surface area contributed by atoms with Gasteiger partial charge in [-0.05, 0) is 37.6 Å². The van der Waals surface area contributed by atoms with Crippen LogP contribution in [0.25, 0.3) is 5.69 Å². The molecule has 2 aliphatic heterocycles. The van der Waals surface area contributed by atoms with Crippen LogP contribution in [0.15, 0.2) is 41.3 Å². The quantitative estimate of drug-likeness (QED) is 0.418. The number of piperazine rings is 1. The van der Waals surface area contributed by atoms with E-state index in [2.05, 4.69) is 15.6 Å². The average molecular weight is 535 g/mol. The van der Waals surface area contributed by atoms with Crippen molar-refractivity contribution in [2.75, 3.05) is 51.2 Å². The number of hydrogen-bond acceptors (Lipinski definition) is 8. The number of rotatable bonds is 5. The minimum atomic E-state index is -0.950. The van der Waals surface area contributed by atoms with Crippen molar-refractivity contribution in [3.63, 3.8) is 0 Å². The standard InChI is InChI=1S/C24H34N8O4.ClH/c1-24(2,26)21(33)30-9-11-31(12-10-30)22(34)28-20-7-8-32(23(35)29-20)17-5-3-16(4-6-17)19-15-36-18(13-25)14-27-19;/h3-8,18-19,27H,9-15,25-26H2,1-2H3,(H,28,29,34,35);1H/t18-,19?;/m0./s1. The number of carbonyl (C=O) groups excluding carboxylic acids is 2. The summed E-state index contributed by atoms with van der Waals surface area (Å²) in [7, 11) is 0. The van der Waals surface area contributed by atoms with Crippen molar-refractivity contribution in [1.29, 1.82) is 0 Å². The van der Waals surface area contributed by atoms with E-state index in [1.807, 2.05) is 24.3 Å². The Labute approximate surface area is 221 Å². The summed E-state index contributed by atoms with van der Waals surface area (Å²) in [6, 6.07) is 8.84. The number of ether oxygens (including phenoxy) is 1. The third-order valence-electron chi connectivity index (χ3n) is 6.37. The van der Waals surface area contributed by atoms with E-state index in [0.29, 0.717) is 51.6 Å². The topological polar surface area (TPSA) is 161 Å². The molecule has 2 saturated heterocycles. The van der Waals surface area contributed by atoms with Crippen LogP contribution in [0.1, 0.15) is 25.5 Å². The first-order valence-electron chi connectivity index (χ1n) is 12.0. The molecule has 12 nitrogen and oxygen atoms in total. The van der Waals surface area contributed by atoms with E-state index in [1.54, 1.807) is 35.9 Å². The van der Waals surface area contributed by atoms with Gasteiger partial charge in [0.2, 0.25) is 5.91 Å². The summed E-state index contributed by atoms with van der Waals surface area (Å²) < 4.78 is 7.14. The Morgan fingerprint density at radius 1 is 1.14 bits per heavy atom. The molecule has 1 aromatic heterocycles. The highest BCUT2D eigenvalue weighted by Crippen LogP contribution is 2.19. The first-order valence-corrected chi connectivity index (χ1v) is 12.0. The normalized spacial score (nSPS) is 20.2. The lowest BCUT2D eigenvalue weighted by molar-refractivity contribution is -0.137. The molecule has 2 aromatic rings. The fourth-order valence-electron chi connectivity index (χ4n) is 4.23. The zero-order valence-electron chi connectivity index (χ0n) is 21.1. The number of nitrogens with one attached hydrogen (secondary N) is 2. The monoisotopic (exact) mass is 534 g/mol. The van der Waals surface area contributed by atoms with Gasteiger partial charge in [0.05, 0.1) is 30.0 Å². The van der Waals surface area contributed by atoms with Gasteiger partial charge >= 0.3 is 11.7 Å². The van der Waals surface area contributed by atoms with Gasteiger partial charge in [-0.15, -0.1) is 12.4 Å². The molecule has 2 aliphatic rings. The fourth-order valence-corrected chi connectivity index (χ4v) is 4.23. The second-order valence-corrected chi connectivity index (χ2v) is 9.64. The molecule has 2 fully saturated rings. The van der Waals surface area contributed by atoms with E-state index in [9.17, 15) is 14.4 Å². The number of benzene rings is 1. The van der Waals surface area contributed by atoms with E-state index in [-0.39, 0.29) is 42.3 Å². The maximum Gasteiger partial charge on any atom is 0.354 e. The number of morpholine rings is 1. The molecule has 3 amide bonds. The molecule has 6 N–H and O–H groups in total. The number of carbonyl (C=O) groups is 2. The lowest BCUT2D eigenvalue weighted by Gasteiger charge is -2.37. The third kappa shape index (κ3) is 6.84. The Bertz CT molecular complexity index is 1130. The molecular weight excluding hydrogens is 500 g/mol. The Morgan fingerprint density at radius 3 is 2.32 bits per heavy atom. The van der Waals surface area contributed by atoms with Crippen LogP contribution in [0.5, 0.6) is 0 Å². The number of nitrogens with two attached hydrogens (primary N) is 2. The number of anilines is 1. The van der Waals surface area contributed by atoms with Crippen molar-refractivity contribution in [3.05, 3.63) is 52.6 Å². The molecule has 0 aliphatic carbocycles. The molecule has 13 heteroatoms. The SMILES string of the molecule is CC(C)(N)C(=O)N1CCN(C(=O)Nc2ccn(-c3ccc(C4CO[C@@H](CN)CN4)cc3)c(=O)n2)CC1.Cl. The molecule has 0 radical (unpaired) electrons. The van der Waals surface area contributed by atoms with Crippen molar-refractivity contribution in [3.8, 4) is 5.69 Å². The minimum Gasteiger partial charge on any atom is -0.374 e. The van der Waals surface area contributed by atoms with Crippen molar-refractivity contribution in [2.24, 2.45) is 11.5 Å². The van der Waals surface area contributed by atoms with Crippen LogP contribution in [-0.4, -0.2) is 88.8 Å². The van der Waals surface area contributed by atoms with E-state index in [4.69, 9.17) is 16.2 Å². The summed E-state index contributed by atoms with van der Waals surface area (Å²) >= 11 is 0. The average Bonchev–Trinajstić information content (AvgIpc) is 2.88. The highest BCUT2D eigenvalue weighted by atomic mass is 35.5. The first kappa shape index (κ1) is 28.5. The van der Waals surface area contributed by atoms with Gasteiger partial charge < -0.3 is 31.3 Å². The zero-order chi connectivity index (χ0) is 25.9. The predicted octanol–water partition coefficient (Wildman–Crippen LogP) is 0.0559. The van der Waals surface area contributed by atoms with Gasteiger partial charge in [-0.2, -0.15) is 4.98 Å². The van der Waals surface area contributed by atoms with Gasteiger partial charge in [0.1, 0.15) is 5.82 Å². The van der Waals surface area contributed by atoms with Gasteiger partial charge in [0.15, 0.2) is 0 Å². The zero-order valence-corrected chi connectivity index (χ0v) is 21.9. The predicted molar refractivity (Wildman–Crippen MR) is 142 cm³/mol. The molecule has 3 heterocycles. The van der Waals surface area contributed by atoms with Gasteiger partial charge in [-0.3, -0.25) is 14.7 Å². The Balaban J connectivity index is 0.00000380. The number of halogens is 1. The summed E-state index contributed by atoms with van der Waals surface area (Å²) in [5, 5.41) is 6.09. The second kappa shape index (κ2) is 12.0. The molecule has 2 atom stereocenters. The van der Waals surface area contributed by atoms with Crippen LogP contribution in [0.2, 0.25) is 0 Å². The minimum absolute atomic E-state index is 0. The van der Waals surface area contributed by atoms with Crippen LogP contribution in [-0.2, 0) is 9.53 Å². The molecule has 0 saturated carbocycles. The summed E-state index contributed by atoms with van der Waals surface area (Å²) in [6.07, 6.45) is 1.61. The summed E-state index contributed by atoms with van der Waals surface area (Å²) in [5.74, 6) is 0.0157. The van der Waals surface area contributed by atoms with Crippen LogP contribution in [0, 0.1) is 0 Å². The first-order chi connectivity index (χ1) is 17.2. The van der Waals surface area contributed by atoms with E-state index in [1.165, 1.54) is 4.57 Å². The van der Waals surface area contributed by atoms with Crippen molar-refractivity contribution < 1.29 is 14.3 Å². The second-order valence-electron chi connectivity index (χ2n) is 9.64. The maximum atomic E-state index is 12.7. The largest absolute Gasteiger partial charge is 0.374 e. The molecule has 202 valence electrons. The fraction of sp³-hybridized carbons (Fsp3) is 0.500. The van der Waals surface area contributed by atoms with Crippen molar-refractivity contribution >= 4 is 30.2 Å². The molecular formula is C24H35ClN8O4. The van der Waals surface area contributed by atoms with Crippen LogP contribution >= 0.6 is 12.4 Å². The summed E-state index contributed by atoms with van der Waals surface area (Å²) in [5.41, 5.74) is 11.8. The van der Waals surface area contributed by atoms with Crippen molar-refractivity contribution in [2.45, 2.75) is 31.5 Å². The van der Waals surface area contributed by atoms with Gasteiger partial charge in [-0.1, -0.05) is 12.1 Å². The molecule has 1 aromatic carbocycles. The van der Waals surface area contributed by atoms with Crippen molar-refractivity contribution in [1.82, 2.24) is 24.7 Å².